The van der Waals surface area contributed by atoms with E-state index in [1.54, 1.807) is 28.6 Å². The lowest BCUT2D eigenvalue weighted by atomic mass is 9.76. The molecule has 1 fully saturated rings. The van der Waals surface area contributed by atoms with Gasteiger partial charge in [-0.1, -0.05) is 17.7 Å². The van der Waals surface area contributed by atoms with Crippen LogP contribution in [0.4, 0.5) is 0 Å². The molecule has 0 spiro atoms. The van der Waals surface area contributed by atoms with Crippen molar-refractivity contribution in [3.05, 3.63) is 71.7 Å². The Balaban J connectivity index is 1.34. The number of carboxylic acid groups (broad SMARTS) is 1. The number of sulfonamides is 1. The molecule has 3 heterocycles. The van der Waals surface area contributed by atoms with E-state index in [1.165, 1.54) is 5.57 Å². The molecule has 0 bridgehead atoms. The van der Waals surface area contributed by atoms with Crippen LogP contribution in [0.5, 0.6) is 5.75 Å². The van der Waals surface area contributed by atoms with Crippen molar-refractivity contribution in [1.29, 1.82) is 0 Å². The Bertz CT molecular complexity index is 1320. The minimum atomic E-state index is -3.63. The number of aliphatic imine (C=N–C) groups is 1. The van der Waals surface area contributed by atoms with Gasteiger partial charge in [0.2, 0.25) is 10.0 Å². The van der Waals surface area contributed by atoms with Gasteiger partial charge in [-0.25, -0.2) is 8.42 Å². The van der Waals surface area contributed by atoms with E-state index in [9.17, 15) is 18.3 Å². The van der Waals surface area contributed by atoms with Gasteiger partial charge in [-0.05, 0) is 81.4 Å². The largest absolute Gasteiger partial charge is 0.491 e. The highest BCUT2D eigenvalue weighted by molar-refractivity contribution is 7.89. The number of hydrogen-bond donors (Lipinski definition) is 1. The van der Waals surface area contributed by atoms with E-state index in [1.807, 2.05) is 43.4 Å². The smallest absolute Gasteiger partial charge is 0.323 e. The third-order valence-electron chi connectivity index (χ3n) is 7.69. The summed E-state index contributed by atoms with van der Waals surface area (Å²) in [5.41, 5.74) is 3.47. The van der Waals surface area contributed by atoms with Crippen LogP contribution in [0.1, 0.15) is 39.5 Å². The highest BCUT2D eigenvalue weighted by atomic mass is 32.2. The molecule has 1 N–H and O–H groups in total. The highest BCUT2D eigenvalue weighted by Gasteiger charge is 2.42. The number of aliphatic carboxylic acids is 1. The van der Waals surface area contributed by atoms with E-state index in [4.69, 9.17) is 4.74 Å². The van der Waals surface area contributed by atoms with Gasteiger partial charge in [0, 0.05) is 49.2 Å². The Kier molecular flexibility index (Phi) is 7.59. The summed E-state index contributed by atoms with van der Waals surface area (Å²) >= 11 is 0. The molecular formula is C29H35N3O5S. The van der Waals surface area contributed by atoms with Crippen molar-refractivity contribution in [3.8, 4) is 5.75 Å². The fourth-order valence-electron chi connectivity index (χ4n) is 5.95. The minimum absolute atomic E-state index is 0.0146. The molecular weight excluding hydrogens is 502 g/mol. The number of carbonyl (C=O) groups is 1. The Hall–Kier alpha value is -3.17. The molecule has 1 aromatic rings. The Morgan fingerprint density at radius 2 is 1.97 bits per heavy atom. The Morgan fingerprint density at radius 1 is 1.18 bits per heavy atom. The molecule has 8 nitrogen and oxygen atoms in total. The van der Waals surface area contributed by atoms with E-state index in [-0.39, 0.29) is 35.3 Å². The predicted octanol–water partition coefficient (Wildman–Crippen LogP) is 4.59. The summed E-state index contributed by atoms with van der Waals surface area (Å²) in [4.78, 5) is 18.0. The van der Waals surface area contributed by atoms with Crippen LogP contribution in [0.15, 0.2) is 81.6 Å². The van der Waals surface area contributed by atoms with Gasteiger partial charge >= 0.3 is 5.97 Å². The van der Waals surface area contributed by atoms with Crippen LogP contribution < -0.4 is 4.74 Å². The standard InChI is InChI=1S/C29H35N3O5S/c1-20(2)37-24-6-8-25(9-7-24)38(35,36)32-15-12-23(17-32)27-18-31(19-29(33)34)28-16-22(5-10-26(27)28)21-4-3-13-30-14-11-21/h3,6-9,11,13-14,16,18,20,22-23,26H,4-5,10,12,15,17,19H2,1-2H3,(H,33,34)/t22?,23-,26?/m0/s1. The number of carboxylic acids is 1. The zero-order valence-corrected chi connectivity index (χ0v) is 22.7. The normalized spacial score (nSPS) is 25.6. The number of fused-ring (bicyclic) bond motifs is 1. The third-order valence-corrected chi connectivity index (χ3v) is 9.57. The van der Waals surface area contributed by atoms with Crippen LogP contribution in [0, 0.1) is 17.8 Å². The third kappa shape index (κ3) is 5.49. The molecule has 0 radical (unpaired) electrons. The van der Waals surface area contributed by atoms with Crippen molar-refractivity contribution in [3.63, 3.8) is 0 Å². The fraction of sp³-hybridized carbons (Fsp3) is 0.448. The lowest BCUT2D eigenvalue weighted by molar-refractivity contribution is -0.137. The first kappa shape index (κ1) is 26.4. The quantitative estimate of drug-likeness (QED) is 0.521. The Morgan fingerprint density at radius 3 is 2.71 bits per heavy atom. The van der Waals surface area contributed by atoms with Crippen LogP contribution in [0.2, 0.25) is 0 Å². The molecule has 0 aromatic heterocycles. The minimum Gasteiger partial charge on any atom is -0.491 e. The maximum absolute atomic E-state index is 13.4. The van der Waals surface area contributed by atoms with Crippen LogP contribution in [-0.4, -0.2) is 60.7 Å². The molecule has 4 aliphatic rings. The van der Waals surface area contributed by atoms with E-state index in [2.05, 4.69) is 17.1 Å². The summed E-state index contributed by atoms with van der Waals surface area (Å²) in [6.45, 7) is 4.61. The Labute approximate surface area is 224 Å². The van der Waals surface area contributed by atoms with Gasteiger partial charge in [0.1, 0.15) is 12.3 Å². The summed E-state index contributed by atoms with van der Waals surface area (Å²) in [5, 5.41) is 9.58. The highest BCUT2D eigenvalue weighted by Crippen LogP contribution is 2.47. The van der Waals surface area contributed by atoms with Gasteiger partial charge in [-0.3, -0.25) is 9.79 Å². The van der Waals surface area contributed by atoms with E-state index < -0.39 is 16.0 Å². The first-order valence-corrected chi connectivity index (χ1v) is 14.7. The molecule has 2 unspecified atom stereocenters. The number of rotatable bonds is 8. The van der Waals surface area contributed by atoms with E-state index in [0.717, 1.165) is 37.0 Å². The van der Waals surface area contributed by atoms with Crippen molar-refractivity contribution in [2.24, 2.45) is 22.7 Å². The average Bonchev–Trinajstić information content (AvgIpc) is 3.40. The van der Waals surface area contributed by atoms with Crippen molar-refractivity contribution < 1.29 is 23.1 Å². The lowest BCUT2D eigenvalue weighted by Gasteiger charge is -2.31. The van der Waals surface area contributed by atoms with Crippen molar-refractivity contribution in [1.82, 2.24) is 9.21 Å². The zero-order valence-electron chi connectivity index (χ0n) is 21.9. The summed E-state index contributed by atoms with van der Waals surface area (Å²) in [6.07, 6.45) is 15.4. The molecule has 3 aliphatic heterocycles. The van der Waals surface area contributed by atoms with Gasteiger partial charge in [0.25, 0.3) is 0 Å². The molecule has 1 saturated heterocycles. The molecule has 0 amide bonds. The van der Waals surface area contributed by atoms with Crippen molar-refractivity contribution in [2.75, 3.05) is 19.6 Å². The maximum Gasteiger partial charge on any atom is 0.323 e. The number of nitrogens with zero attached hydrogens (tertiary/aromatic N) is 3. The average molecular weight is 538 g/mol. The maximum atomic E-state index is 13.4. The van der Waals surface area contributed by atoms with Crippen molar-refractivity contribution in [2.45, 2.75) is 50.5 Å². The summed E-state index contributed by atoms with van der Waals surface area (Å²) in [7, 11) is -3.63. The molecule has 0 saturated carbocycles. The first-order chi connectivity index (χ1) is 18.2. The van der Waals surface area contributed by atoms with Gasteiger partial charge in [-0.2, -0.15) is 4.31 Å². The van der Waals surface area contributed by atoms with E-state index in [0.29, 0.717) is 18.8 Å². The molecule has 1 aliphatic carbocycles. The summed E-state index contributed by atoms with van der Waals surface area (Å²) in [6, 6.07) is 6.61. The van der Waals surface area contributed by atoms with Gasteiger partial charge < -0.3 is 14.7 Å². The molecule has 9 heteroatoms. The number of benzene rings is 1. The van der Waals surface area contributed by atoms with E-state index >= 15 is 0 Å². The van der Waals surface area contributed by atoms with Crippen LogP contribution >= 0.6 is 0 Å². The second-order valence-electron chi connectivity index (χ2n) is 10.6. The fourth-order valence-corrected chi connectivity index (χ4v) is 7.45. The van der Waals surface area contributed by atoms with Crippen LogP contribution in [-0.2, 0) is 14.8 Å². The lowest BCUT2D eigenvalue weighted by Crippen LogP contribution is -2.29. The monoisotopic (exact) mass is 537 g/mol. The van der Waals surface area contributed by atoms with Gasteiger partial charge in [-0.15, -0.1) is 0 Å². The summed E-state index contributed by atoms with van der Waals surface area (Å²) < 4.78 is 34.0. The number of allylic oxidation sites excluding steroid dienone is 5. The van der Waals surface area contributed by atoms with Crippen molar-refractivity contribution >= 4 is 22.2 Å². The molecule has 202 valence electrons. The molecule has 1 aromatic carbocycles. The molecule has 3 atom stereocenters. The van der Waals surface area contributed by atoms with Crippen LogP contribution in [0.25, 0.3) is 0 Å². The van der Waals surface area contributed by atoms with Gasteiger partial charge in [0.05, 0.1) is 11.0 Å². The summed E-state index contributed by atoms with van der Waals surface area (Å²) in [5.74, 6) is 0.187. The topological polar surface area (TPSA) is 99.5 Å². The molecule has 5 rings (SSSR count). The predicted molar refractivity (Wildman–Crippen MR) is 146 cm³/mol. The number of ether oxygens (including phenoxy) is 1. The SMILES string of the molecule is CC(C)Oc1ccc(S(=O)(=O)N2CC[C@H](C3=CN(CC(=O)O)C4=CC(C5=CC=NC=CC5)CCC34)C2)cc1. The van der Waals surface area contributed by atoms with Gasteiger partial charge in [0.15, 0.2) is 0 Å². The first-order valence-electron chi connectivity index (χ1n) is 13.3. The van der Waals surface area contributed by atoms with Crippen LogP contribution in [0.3, 0.4) is 0 Å². The molecule has 38 heavy (non-hydrogen) atoms. The second-order valence-corrected chi connectivity index (χ2v) is 12.5. The number of hydrogen-bond acceptors (Lipinski definition) is 6. The zero-order chi connectivity index (χ0) is 26.9. The second kappa shape index (κ2) is 10.9.